The van der Waals surface area contributed by atoms with Gasteiger partial charge in [-0.25, -0.2) is 9.97 Å². The molecule has 1 N–H and O–H groups in total. The second kappa shape index (κ2) is 6.26. The molecular formula is C18H22N4O. The molecule has 4 rings (SSSR count). The van der Waals surface area contributed by atoms with E-state index in [0.717, 1.165) is 39.1 Å². The first kappa shape index (κ1) is 14.6. The molecule has 0 unspecified atom stereocenters. The molecule has 1 spiro atoms. The first-order valence-electron chi connectivity index (χ1n) is 8.25. The van der Waals surface area contributed by atoms with Crippen LogP contribution in [0.25, 0.3) is 0 Å². The Labute approximate surface area is 136 Å². The zero-order valence-corrected chi connectivity index (χ0v) is 13.2. The van der Waals surface area contributed by atoms with Crippen LogP contribution in [0.5, 0.6) is 0 Å². The number of aromatic nitrogens is 2. The van der Waals surface area contributed by atoms with E-state index in [9.17, 15) is 0 Å². The molecule has 2 fully saturated rings. The Balaban J connectivity index is 1.34. The van der Waals surface area contributed by atoms with Crippen molar-refractivity contribution in [2.75, 3.05) is 25.0 Å². The Morgan fingerprint density at radius 2 is 2.00 bits per heavy atom. The molecule has 0 amide bonds. The van der Waals surface area contributed by atoms with Crippen LogP contribution in [0.2, 0.25) is 0 Å². The summed E-state index contributed by atoms with van der Waals surface area (Å²) in [4.78, 5) is 11.0. The van der Waals surface area contributed by atoms with E-state index in [4.69, 9.17) is 4.74 Å². The Hall–Kier alpha value is -1.98. The van der Waals surface area contributed by atoms with Crippen LogP contribution >= 0.6 is 0 Å². The van der Waals surface area contributed by atoms with Gasteiger partial charge >= 0.3 is 0 Å². The number of hydrogen-bond acceptors (Lipinski definition) is 5. The molecule has 5 heteroatoms. The molecule has 5 nitrogen and oxygen atoms in total. The largest absolute Gasteiger partial charge is 0.371 e. The van der Waals surface area contributed by atoms with Gasteiger partial charge in [0.2, 0.25) is 5.95 Å². The number of benzene rings is 1. The summed E-state index contributed by atoms with van der Waals surface area (Å²) >= 11 is 0. The van der Waals surface area contributed by atoms with E-state index >= 15 is 0 Å². The minimum Gasteiger partial charge on any atom is -0.371 e. The van der Waals surface area contributed by atoms with E-state index < -0.39 is 0 Å². The summed E-state index contributed by atoms with van der Waals surface area (Å²) in [7, 11) is 0. The summed E-state index contributed by atoms with van der Waals surface area (Å²) in [5, 5.41) is 3.39. The summed E-state index contributed by atoms with van der Waals surface area (Å²) < 4.78 is 6.19. The highest BCUT2D eigenvalue weighted by molar-refractivity contribution is 5.25. The molecule has 1 aromatic carbocycles. The van der Waals surface area contributed by atoms with Crippen LogP contribution in [0.1, 0.15) is 18.4 Å². The van der Waals surface area contributed by atoms with Crippen LogP contribution in [0.4, 0.5) is 5.95 Å². The maximum atomic E-state index is 6.19. The van der Waals surface area contributed by atoms with E-state index in [1.54, 1.807) is 12.4 Å². The van der Waals surface area contributed by atoms with Gasteiger partial charge in [-0.1, -0.05) is 30.3 Å². The molecule has 2 aromatic rings. The first-order chi connectivity index (χ1) is 11.3. The maximum absolute atomic E-state index is 6.19. The number of likely N-dealkylation sites (tertiary alicyclic amines) is 1. The minimum atomic E-state index is 0.00122. The van der Waals surface area contributed by atoms with Crippen molar-refractivity contribution >= 4 is 5.95 Å². The number of hydrogen-bond donors (Lipinski definition) is 1. The zero-order valence-electron chi connectivity index (χ0n) is 13.2. The predicted octanol–water partition coefficient (Wildman–Crippen LogP) is 2.32. The molecule has 3 heterocycles. The van der Waals surface area contributed by atoms with Crippen molar-refractivity contribution in [2.45, 2.75) is 31.0 Å². The fraction of sp³-hybridized carbons (Fsp3) is 0.444. The Bertz CT molecular complexity index is 576. The molecule has 2 aliphatic rings. The molecule has 2 aliphatic heterocycles. The second-order valence-corrected chi connectivity index (χ2v) is 6.56. The van der Waals surface area contributed by atoms with Crippen LogP contribution in [-0.2, 0) is 11.3 Å². The number of anilines is 1. The van der Waals surface area contributed by atoms with E-state index in [-0.39, 0.29) is 5.60 Å². The van der Waals surface area contributed by atoms with Crippen molar-refractivity contribution in [1.29, 1.82) is 0 Å². The summed E-state index contributed by atoms with van der Waals surface area (Å²) in [5.41, 5.74) is 1.37. The fourth-order valence-corrected chi connectivity index (χ4v) is 3.68. The molecule has 0 saturated carbocycles. The molecule has 0 bridgehead atoms. The van der Waals surface area contributed by atoms with E-state index in [1.165, 1.54) is 5.56 Å². The van der Waals surface area contributed by atoms with Crippen LogP contribution in [0.15, 0.2) is 48.8 Å². The lowest BCUT2D eigenvalue weighted by molar-refractivity contribution is 0.0120. The average Bonchev–Trinajstić information content (AvgIpc) is 3.16. The zero-order chi connectivity index (χ0) is 15.5. The van der Waals surface area contributed by atoms with Crippen molar-refractivity contribution in [3.63, 3.8) is 0 Å². The van der Waals surface area contributed by atoms with Gasteiger partial charge in [0.05, 0.1) is 18.2 Å². The third-order valence-corrected chi connectivity index (χ3v) is 4.75. The molecule has 2 saturated heterocycles. The number of nitrogens with zero attached hydrogens (tertiary/aromatic N) is 3. The van der Waals surface area contributed by atoms with Gasteiger partial charge < -0.3 is 10.1 Å². The Kier molecular flexibility index (Phi) is 3.97. The smallest absolute Gasteiger partial charge is 0.222 e. The Morgan fingerprint density at radius 3 is 2.83 bits per heavy atom. The lowest BCUT2D eigenvalue weighted by atomic mass is 9.97. The van der Waals surface area contributed by atoms with E-state index in [2.05, 4.69) is 50.5 Å². The molecule has 0 aliphatic carbocycles. The monoisotopic (exact) mass is 310 g/mol. The van der Waals surface area contributed by atoms with Gasteiger partial charge in [-0.2, -0.15) is 0 Å². The molecule has 0 radical (unpaired) electrons. The van der Waals surface area contributed by atoms with Crippen LogP contribution in [0, 0.1) is 0 Å². The standard InChI is InChI=1S/C18H22N4O/c1-2-5-15(6-3-1)12-22-10-7-18(14-22)11-16(13-23-18)21-17-19-8-4-9-20-17/h1-6,8-9,16H,7,10-14H2,(H,19,20,21)/t16-,18+/m1/s1. The number of ether oxygens (including phenoxy) is 1. The molecule has 23 heavy (non-hydrogen) atoms. The molecule has 2 atom stereocenters. The highest BCUT2D eigenvalue weighted by atomic mass is 16.5. The van der Waals surface area contributed by atoms with Gasteiger partial charge in [0.1, 0.15) is 0 Å². The average molecular weight is 310 g/mol. The summed E-state index contributed by atoms with van der Waals surface area (Å²) in [5.74, 6) is 0.692. The van der Waals surface area contributed by atoms with E-state index in [0.29, 0.717) is 12.0 Å². The molecular weight excluding hydrogens is 288 g/mol. The summed E-state index contributed by atoms with van der Waals surface area (Å²) in [6.07, 6.45) is 5.65. The minimum absolute atomic E-state index is 0.00122. The Morgan fingerprint density at radius 1 is 1.17 bits per heavy atom. The lowest BCUT2D eigenvalue weighted by Crippen LogP contribution is -2.33. The van der Waals surface area contributed by atoms with Gasteiger partial charge in [0, 0.05) is 38.4 Å². The van der Waals surface area contributed by atoms with Crippen LogP contribution in [0.3, 0.4) is 0 Å². The van der Waals surface area contributed by atoms with Crippen molar-refractivity contribution in [2.24, 2.45) is 0 Å². The third kappa shape index (κ3) is 3.35. The van der Waals surface area contributed by atoms with Gasteiger partial charge in [-0.05, 0) is 18.1 Å². The van der Waals surface area contributed by atoms with Gasteiger partial charge in [0.25, 0.3) is 0 Å². The quantitative estimate of drug-likeness (QED) is 0.939. The predicted molar refractivity (Wildman–Crippen MR) is 89.1 cm³/mol. The fourth-order valence-electron chi connectivity index (χ4n) is 3.68. The van der Waals surface area contributed by atoms with Crippen LogP contribution < -0.4 is 5.32 Å². The topological polar surface area (TPSA) is 50.3 Å². The molecule has 120 valence electrons. The number of rotatable bonds is 4. The lowest BCUT2D eigenvalue weighted by Gasteiger charge is -2.23. The normalized spacial score (nSPS) is 27.6. The highest BCUT2D eigenvalue weighted by Crippen LogP contribution is 2.36. The maximum Gasteiger partial charge on any atom is 0.222 e. The third-order valence-electron chi connectivity index (χ3n) is 4.75. The van der Waals surface area contributed by atoms with Gasteiger partial charge in [-0.3, -0.25) is 4.90 Å². The summed E-state index contributed by atoms with van der Waals surface area (Å²) in [6.45, 7) is 3.85. The highest BCUT2D eigenvalue weighted by Gasteiger charge is 2.45. The van der Waals surface area contributed by atoms with Crippen molar-refractivity contribution in [3.8, 4) is 0 Å². The summed E-state index contributed by atoms with van der Waals surface area (Å²) in [6, 6.07) is 12.8. The van der Waals surface area contributed by atoms with Crippen molar-refractivity contribution < 1.29 is 4.74 Å². The van der Waals surface area contributed by atoms with Crippen molar-refractivity contribution in [3.05, 3.63) is 54.4 Å². The number of nitrogens with one attached hydrogen (secondary N) is 1. The van der Waals surface area contributed by atoms with Crippen LogP contribution in [-0.4, -0.2) is 46.2 Å². The molecule has 1 aromatic heterocycles. The van der Waals surface area contributed by atoms with E-state index in [1.807, 2.05) is 6.07 Å². The first-order valence-corrected chi connectivity index (χ1v) is 8.25. The second-order valence-electron chi connectivity index (χ2n) is 6.56. The van der Waals surface area contributed by atoms with Gasteiger partial charge in [-0.15, -0.1) is 0 Å². The van der Waals surface area contributed by atoms with Gasteiger partial charge in [0.15, 0.2) is 0 Å². The SMILES string of the molecule is c1ccc(CN2CC[C@]3(C[C@@H](Nc4ncccn4)CO3)C2)cc1. The van der Waals surface area contributed by atoms with Crippen molar-refractivity contribution in [1.82, 2.24) is 14.9 Å².